The number of thiophene rings is 1. The molecule has 0 spiro atoms. The molecule has 0 amide bonds. The summed E-state index contributed by atoms with van der Waals surface area (Å²) in [5, 5.41) is 15.4. The molecule has 10 heteroatoms. The van der Waals surface area contributed by atoms with Gasteiger partial charge in [0, 0.05) is 10.6 Å². The van der Waals surface area contributed by atoms with Gasteiger partial charge in [-0.05, 0) is 35.7 Å². The highest BCUT2D eigenvalue weighted by molar-refractivity contribution is 7.98. The summed E-state index contributed by atoms with van der Waals surface area (Å²) in [7, 11) is 0. The van der Waals surface area contributed by atoms with E-state index in [0.717, 1.165) is 10.4 Å². The van der Waals surface area contributed by atoms with E-state index in [1.54, 1.807) is 23.5 Å². The van der Waals surface area contributed by atoms with E-state index in [1.807, 2.05) is 29.6 Å². The van der Waals surface area contributed by atoms with Crippen molar-refractivity contribution >= 4 is 34.7 Å². The Balaban J connectivity index is 1.48. The molecule has 0 aliphatic rings. The number of halogens is 1. The van der Waals surface area contributed by atoms with Crippen LogP contribution in [0, 0.1) is 0 Å². The highest BCUT2D eigenvalue weighted by Crippen LogP contribution is 2.26. The Morgan fingerprint density at radius 2 is 2.04 bits per heavy atom. The number of hydrogen-bond acceptors (Lipinski definition) is 8. The lowest BCUT2D eigenvalue weighted by Crippen LogP contribution is -2.11. The molecule has 0 fully saturated rings. The van der Waals surface area contributed by atoms with Gasteiger partial charge in [-0.25, -0.2) is 4.68 Å². The van der Waals surface area contributed by atoms with Gasteiger partial charge in [0.25, 0.3) is 0 Å². The SMILES string of the molecule is Nn1c(SCc2nc(-c3cccs3)no2)nnc1-c1ccc(Cl)cc1. The quantitative estimate of drug-likeness (QED) is 0.409. The molecule has 0 aliphatic carbocycles. The van der Waals surface area contributed by atoms with Crippen molar-refractivity contribution in [1.29, 1.82) is 0 Å². The van der Waals surface area contributed by atoms with Gasteiger partial charge in [-0.3, -0.25) is 0 Å². The van der Waals surface area contributed by atoms with Crippen molar-refractivity contribution in [1.82, 2.24) is 25.0 Å². The van der Waals surface area contributed by atoms with Crippen molar-refractivity contribution in [2.24, 2.45) is 0 Å². The highest BCUT2D eigenvalue weighted by Gasteiger charge is 2.15. The molecule has 4 aromatic rings. The second-order valence-electron chi connectivity index (χ2n) is 4.96. The molecule has 3 aromatic heterocycles. The molecule has 126 valence electrons. The number of hydrogen-bond donors (Lipinski definition) is 1. The first-order chi connectivity index (χ1) is 12.2. The number of aromatic nitrogens is 5. The van der Waals surface area contributed by atoms with E-state index in [0.29, 0.717) is 33.5 Å². The Kier molecular flexibility index (Phi) is 4.43. The maximum atomic E-state index is 6.09. The molecular formula is C15H11ClN6OS2. The Morgan fingerprint density at radius 3 is 2.80 bits per heavy atom. The molecule has 0 atom stereocenters. The van der Waals surface area contributed by atoms with Crippen molar-refractivity contribution in [3.05, 3.63) is 52.7 Å². The Hall–Kier alpha value is -2.36. The zero-order chi connectivity index (χ0) is 17.2. The molecule has 1 aromatic carbocycles. The van der Waals surface area contributed by atoms with E-state index in [4.69, 9.17) is 22.0 Å². The monoisotopic (exact) mass is 390 g/mol. The van der Waals surface area contributed by atoms with Crippen molar-refractivity contribution in [2.75, 3.05) is 5.84 Å². The van der Waals surface area contributed by atoms with Gasteiger partial charge < -0.3 is 10.4 Å². The van der Waals surface area contributed by atoms with Crippen LogP contribution < -0.4 is 5.84 Å². The molecule has 0 saturated heterocycles. The van der Waals surface area contributed by atoms with Crippen LogP contribution in [0.15, 0.2) is 51.5 Å². The number of thioether (sulfide) groups is 1. The molecule has 4 rings (SSSR count). The van der Waals surface area contributed by atoms with Crippen LogP contribution in [0.5, 0.6) is 0 Å². The first-order valence-corrected chi connectivity index (χ1v) is 9.41. The topological polar surface area (TPSA) is 95.7 Å². The lowest BCUT2D eigenvalue weighted by atomic mass is 10.2. The predicted octanol–water partition coefficient (Wildman–Crippen LogP) is 3.72. The number of nitrogen functional groups attached to an aromatic ring is 1. The van der Waals surface area contributed by atoms with E-state index >= 15 is 0 Å². The van der Waals surface area contributed by atoms with Crippen molar-refractivity contribution in [3.8, 4) is 22.1 Å². The summed E-state index contributed by atoms with van der Waals surface area (Å²) >= 11 is 8.84. The Bertz CT molecular complexity index is 980. The minimum absolute atomic E-state index is 0.453. The van der Waals surface area contributed by atoms with Crippen LogP contribution in [0.2, 0.25) is 5.02 Å². The number of nitrogens with two attached hydrogens (primary N) is 1. The largest absolute Gasteiger partial charge is 0.338 e. The Labute approximate surface area is 155 Å². The van der Waals surface area contributed by atoms with Crippen LogP contribution in [-0.4, -0.2) is 25.0 Å². The van der Waals surface area contributed by atoms with Gasteiger partial charge in [-0.2, -0.15) is 4.98 Å². The summed E-state index contributed by atoms with van der Waals surface area (Å²) in [5.74, 6) is 8.19. The molecule has 25 heavy (non-hydrogen) atoms. The highest BCUT2D eigenvalue weighted by atomic mass is 35.5. The summed E-state index contributed by atoms with van der Waals surface area (Å²) in [6, 6.07) is 11.1. The standard InChI is InChI=1S/C15H11ClN6OS2/c16-10-5-3-9(4-6-10)14-19-20-15(22(14)17)25-8-12-18-13(21-23-12)11-2-1-7-24-11/h1-7H,8,17H2. The number of rotatable bonds is 5. The lowest BCUT2D eigenvalue weighted by Gasteiger charge is -2.02. The fourth-order valence-electron chi connectivity index (χ4n) is 2.12. The fraction of sp³-hybridized carbons (Fsp3) is 0.0667. The fourth-order valence-corrected chi connectivity index (χ4v) is 3.59. The van der Waals surface area contributed by atoms with Gasteiger partial charge in [0.1, 0.15) is 0 Å². The smallest absolute Gasteiger partial charge is 0.237 e. The van der Waals surface area contributed by atoms with Crippen molar-refractivity contribution in [2.45, 2.75) is 10.9 Å². The first-order valence-electron chi connectivity index (χ1n) is 7.16. The molecule has 3 heterocycles. The minimum atomic E-state index is 0.453. The van der Waals surface area contributed by atoms with Gasteiger partial charge in [-0.1, -0.05) is 34.6 Å². The third kappa shape index (κ3) is 3.39. The summed E-state index contributed by atoms with van der Waals surface area (Å²) < 4.78 is 6.70. The molecular weight excluding hydrogens is 380 g/mol. The van der Waals surface area contributed by atoms with E-state index in [-0.39, 0.29) is 0 Å². The average molecular weight is 391 g/mol. The van der Waals surface area contributed by atoms with E-state index in [1.165, 1.54) is 16.4 Å². The molecule has 2 N–H and O–H groups in total. The predicted molar refractivity (Wildman–Crippen MR) is 97.8 cm³/mol. The van der Waals surface area contributed by atoms with Crippen molar-refractivity contribution < 1.29 is 4.52 Å². The molecule has 0 saturated carbocycles. The van der Waals surface area contributed by atoms with Gasteiger partial charge in [0.2, 0.25) is 16.9 Å². The summed E-state index contributed by atoms with van der Waals surface area (Å²) in [4.78, 5) is 5.34. The number of nitrogens with zero attached hydrogens (tertiary/aromatic N) is 5. The third-order valence-corrected chi connectivity index (χ3v) is 5.35. The Morgan fingerprint density at radius 1 is 1.20 bits per heavy atom. The van der Waals surface area contributed by atoms with Crippen molar-refractivity contribution in [3.63, 3.8) is 0 Å². The summed E-state index contributed by atoms with van der Waals surface area (Å²) in [5.41, 5.74) is 0.837. The van der Waals surface area contributed by atoms with Gasteiger partial charge in [-0.15, -0.1) is 21.5 Å². The molecule has 7 nitrogen and oxygen atoms in total. The second-order valence-corrected chi connectivity index (χ2v) is 7.29. The van der Waals surface area contributed by atoms with Crippen LogP contribution in [0.3, 0.4) is 0 Å². The number of benzene rings is 1. The van der Waals surface area contributed by atoms with Gasteiger partial charge >= 0.3 is 0 Å². The summed E-state index contributed by atoms with van der Waals surface area (Å²) in [6.45, 7) is 0. The van der Waals surface area contributed by atoms with Crippen LogP contribution in [-0.2, 0) is 5.75 Å². The third-order valence-electron chi connectivity index (χ3n) is 3.30. The zero-order valence-electron chi connectivity index (χ0n) is 12.7. The molecule has 0 unspecified atom stereocenters. The first kappa shape index (κ1) is 16.1. The normalized spacial score (nSPS) is 11.1. The maximum Gasteiger partial charge on any atom is 0.237 e. The second kappa shape index (κ2) is 6.87. The molecule has 0 aliphatic heterocycles. The van der Waals surface area contributed by atoms with E-state index in [9.17, 15) is 0 Å². The maximum absolute atomic E-state index is 6.09. The average Bonchev–Trinajstić information content (AvgIpc) is 3.35. The van der Waals surface area contributed by atoms with Crippen LogP contribution in [0.1, 0.15) is 5.89 Å². The zero-order valence-corrected chi connectivity index (χ0v) is 15.1. The lowest BCUT2D eigenvalue weighted by molar-refractivity contribution is 0.391. The van der Waals surface area contributed by atoms with Crippen LogP contribution in [0.25, 0.3) is 22.1 Å². The van der Waals surface area contributed by atoms with Crippen LogP contribution in [0.4, 0.5) is 0 Å². The minimum Gasteiger partial charge on any atom is -0.338 e. The van der Waals surface area contributed by atoms with Crippen LogP contribution >= 0.6 is 34.7 Å². The van der Waals surface area contributed by atoms with Gasteiger partial charge in [0.15, 0.2) is 5.82 Å². The van der Waals surface area contributed by atoms with E-state index < -0.39 is 0 Å². The van der Waals surface area contributed by atoms with E-state index in [2.05, 4.69) is 20.3 Å². The molecule has 0 radical (unpaired) electrons. The van der Waals surface area contributed by atoms with Gasteiger partial charge in [0.05, 0.1) is 10.6 Å². The summed E-state index contributed by atoms with van der Waals surface area (Å²) in [6.07, 6.45) is 0. The molecule has 0 bridgehead atoms.